The number of benzene rings is 8. The molecule has 1 heterocycles. The fraction of sp³-hybridized carbons (Fsp3) is 0.0204. The van der Waals surface area contributed by atoms with Crippen LogP contribution in [0.4, 0.5) is 0 Å². The molecule has 2 heteroatoms. The van der Waals surface area contributed by atoms with E-state index in [1.807, 2.05) is 25.2 Å². The Morgan fingerprint density at radius 3 is 1.82 bits per heavy atom. The summed E-state index contributed by atoms with van der Waals surface area (Å²) in [6.07, 6.45) is 5.90. The summed E-state index contributed by atoms with van der Waals surface area (Å²) in [4.78, 5) is 0. The highest BCUT2D eigenvalue weighted by Crippen LogP contribution is 2.40. The highest BCUT2D eigenvalue weighted by atomic mass is 15.0. The third kappa shape index (κ3) is 5.48. The molecule has 2 nitrogen and oxygen atoms in total. The molecular weight excluding hydrogens is 617 g/mol. The molecule has 51 heavy (non-hydrogen) atoms. The van der Waals surface area contributed by atoms with Crippen LogP contribution < -0.4 is 5.73 Å². The summed E-state index contributed by atoms with van der Waals surface area (Å²) in [6.45, 7) is 1.99. The number of nitrogens with two attached hydrogens (primary N) is 1. The Morgan fingerprint density at radius 1 is 0.471 bits per heavy atom. The topological polar surface area (TPSA) is 30.9 Å². The number of hydrogen-bond donors (Lipinski definition) is 1. The molecule has 0 aliphatic carbocycles. The second-order valence-electron chi connectivity index (χ2n) is 13.2. The number of hydrogen-bond acceptors (Lipinski definition) is 1. The quantitative estimate of drug-likeness (QED) is 0.178. The third-order valence-corrected chi connectivity index (χ3v) is 10.0. The van der Waals surface area contributed by atoms with Gasteiger partial charge in [-0.05, 0) is 111 Å². The largest absolute Gasteiger partial charge is 0.398 e. The molecule has 0 radical (unpaired) electrons. The van der Waals surface area contributed by atoms with Gasteiger partial charge in [0.2, 0.25) is 0 Å². The van der Waals surface area contributed by atoms with Crippen LogP contribution in [0.5, 0.6) is 0 Å². The average molecular weight is 653 g/mol. The maximum atomic E-state index is 6.33. The first-order valence-electron chi connectivity index (χ1n) is 17.5. The van der Waals surface area contributed by atoms with Gasteiger partial charge in [-0.15, -0.1) is 0 Å². The van der Waals surface area contributed by atoms with Crippen LogP contribution in [0, 0.1) is 0 Å². The summed E-state index contributed by atoms with van der Waals surface area (Å²) in [6, 6.07) is 61.7. The van der Waals surface area contributed by atoms with Crippen LogP contribution >= 0.6 is 0 Å². The van der Waals surface area contributed by atoms with Crippen molar-refractivity contribution in [3.63, 3.8) is 0 Å². The SMILES string of the molecule is C/C=C\C=C(/N)c1ccc2cc(-c3ccc4c(ccc5c6ccc(-c7cccc(-c8ccccc8)c7)cc6n(-c6ccccc6)c45)c3)ccc2c1. The van der Waals surface area contributed by atoms with Crippen molar-refractivity contribution in [1.29, 1.82) is 0 Å². The van der Waals surface area contributed by atoms with Crippen molar-refractivity contribution in [2.45, 2.75) is 6.92 Å². The van der Waals surface area contributed by atoms with Crippen LogP contribution in [0.25, 0.3) is 88.1 Å². The Labute approximate surface area is 298 Å². The second-order valence-corrected chi connectivity index (χ2v) is 13.2. The fourth-order valence-electron chi connectivity index (χ4n) is 7.45. The molecule has 0 saturated carbocycles. The van der Waals surface area contributed by atoms with Gasteiger partial charge in [-0.3, -0.25) is 0 Å². The summed E-state index contributed by atoms with van der Waals surface area (Å²) < 4.78 is 2.45. The maximum absolute atomic E-state index is 6.33. The molecule has 8 aromatic carbocycles. The Kier molecular flexibility index (Phi) is 7.56. The van der Waals surface area contributed by atoms with Crippen molar-refractivity contribution in [2.24, 2.45) is 5.73 Å². The van der Waals surface area contributed by atoms with Crippen molar-refractivity contribution in [3.8, 4) is 39.1 Å². The Balaban J connectivity index is 1.18. The van der Waals surface area contributed by atoms with E-state index in [4.69, 9.17) is 5.73 Å². The van der Waals surface area contributed by atoms with E-state index in [1.165, 1.54) is 76.7 Å². The standard InChI is InChI=1S/C49H36N2/c1-2-3-17-47(50)42-21-20-37-29-36(18-19-38(37)31-42)39-22-25-44-41(30-39)24-27-46-45-26-23-40(32-48(45)51(49(44)46)43-15-8-5-9-16-43)35-14-10-13-34(28-35)33-11-6-4-7-12-33/h2-32H,50H2,1H3/b3-2-,47-17-. The normalized spacial score (nSPS) is 12.1. The monoisotopic (exact) mass is 652 g/mol. The molecule has 0 aliphatic heterocycles. The first-order valence-corrected chi connectivity index (χ1v) is 17.5. The highest BCUT2D eigenvalue weighted by molar-refractivity contribution is 6.19. The van der Waals surface area contributed by atoms with Crippen LogP contribution in [0.2, 0.25) is 0 Å². The van der Waals surface area contributed by atoms with E-state index in [-0.39, 0.29) is 0 Å². The van der Waals surface area contributed by atoms with Gasteiger partial charge in [-0.1, -0.05) is 140 Å². The van der Waals surface area contributed by atoms with E-state index in [9.17, 15) is 0 Å². The first-order chi connectivity index (χ1) is 25.1. The summed E-state index contributed by atoms with van der Waals surface area (Å²) in [7, 11) is 0. The fourth-order valence-corrected chi connectivity index (χ4v) is 7.45. The zero-order valence-corrected chi connectivity index (χ0v) is 28.4. The van der Waals surface area contributed by atoms with Crippen LogP contribution in [0.15, 0.2) is 188 Å². The molecule has 0 amide bonds. The molecule has 9 rings (SSSR count). The zero-order valence-electron chi connectivity index (χ0n) is 28.4. The molecular formula is C49H36N2. The lowest BCUT2D eigenvalue weighted by atomic mass is 9.96. The van der Waals surface area contributed by atoms with Gasteiger partial charge in [0.1, 0.15) is 0 Å². The van der Waals surface area contributed by atoms with E-state index >= 15 is 0 Å². The molecule has 0 unspecified atom stereocenters. The predicted octanol–water partition coefficient (Wildman–Crippen LogP) is 13.0. The Morgan fingerprint density at radius 2 is 1.04 bits per heavy atom. The number of para-hydroxylation sites is 1. The van der Waals surface area contributed by atoms with Gasteiger partial charge in [0, 0.05) is 27.5 Å². The molecule has 0 spiro atoms. The van der Waals surface area contributed by atoms with Gasteiger partial charge < -0.3 is 10.3 Å². The lowest BCUT2D eigenvalue weighted by Gasteiger charge is -2.12. The number of aromatic nitrogens is 1. The van der Waals surface area contributed by atoms with Crippen molar-refractivity contribution in [1.82, 2.24) is 4.57 Å². The number of fused-ring (bicyclic) bond motifs is 6. The van der Waals surface area contributed by atoms with Gasteiger partial charge in [-0.25, -0.2) is 0 Å². The van der Waals surface area contributed by atoms with Crippen molar-refractivity contribution in [2.75, 3.05) is 0 Å². The summed E-state index contributed by atoms with van der Waals surface area (Å²) >= 11 is 0. The maximum Gasteiger partial charge on any atom is 0.0619 e. The highest BCUT2D eigenvalue weighted by Gasteiger charge is 2.17. The Bertz CT molecular complexity index is 2800. The molecule has 0 fully saturated rings. The molecule has 2 N–H and O–H groups in total. The van der Waals surface area contributed by atoms with Crippen LogP contribution in [0.3, 0.4) is 0 Å². The average Bonchev–Trinajstić information content (AvgIpc) is 3.54. The lowest BCUT2D eigenvalue weighted by Crippen LogP contribution is -1.95. The van der Waals surface area contributed by atoms with Gasteiger partial charge in [0.15, 0.2) is 0 Å². The minimum Gasteiger partial charge on any atom is -0.398 e. The minimum absolute atomic E-state index is 0.765. The molecule has 1 aromatic heterocycles. The number of nitrogens with zero attached hydrogens (tertiary/aromatic N) is 1. The van der Waals surface area contributed by atoms with Gasteiger partial charge in [0.05, 0.1) is 11.0 Å². The molecule has 0 aliphatic rings. The van der Waals surface area contributed by atoms with E-state index in [0.29, 0.717) is 0 Å². The predicted molar refractivity (Wildman–Crippen MR) is 219 cm³/mol. The smallest absolute Gasteiger partial charge is 0.0619 e. The van der Waals surface area contributed by atoms with Crippen molar-refractivity contribution >= 4 is 49.0 Å². The van der Waals surface area contributed by atoms with Crippen LogP contribution in [-0.2, 0) is 0 Å². The van der Waals surface area contributed by atoms with E-state index in [1.54, 1.807) is 0 Å². The van der Waals surface area contributed by atoms with Gasteiger partial charge >= 0.3 is 0 Å². The summed E-state index contributed by atoms with van der Waals surface area (Å²) in [5, 5.41) is 7.32. The van der Waals surface area contributed by atoms with E-state index in [2.05, 4.69) is 174 Å². The second kappa shape index (κ2) is 12.7. The van der Waals surface area contributed by atoms with Gasteiger partial charge in [0.25, 0.3) is 0 Å². The molecule has 242 valence electrons. The van der Waals surface area contributed by atoms with E-state index in [0.717, 1.165) is 16.9 Å². The molecule has 0 atom stereocenters. The summed E-state index contributed by atoms with van der Waals surface area (Å²) in [5.74, 6) is 0. The number of rotatable bonds is 6. The Hall–Kier alpha value is -6.64. The summed E-state index contributed by atoms with van der Waals surface area (Å²) in [5.41, 5.74) is 18.9. The molecule has 0 saturated heterocycles. The van der Waals surface area contributed by atoms with E-state index < -0.39 is 0 Å². The first kappa shape index (κ1) is 30.4. The van der Waals surface area contributed by atoms with Crippen molar-refractivity contribution in [3.05, 3.63) is 194 Å². The van der Waals surface area contributed by atoms with Crippen LogP contribution in [-0.4, -0.2) is 4.57 Å². The lowest BCUT2D eigenvalue weighted by molar-refractivity contribution is 1.19. The molecule has 0 bridgehead atoms. The van der Waals surface area contributed by atoms with Crippen molar-refractivity contribution < 1.29 is 0 Å². The third-order valence-electron chi connectivity index (χ3n) is 10.0. The van der Waals surface area contributed by atoms with Gasteiger partial charge in [-0.2, -0.15) is 0 Å². The van der Waals surface area contributed by atoms with Crippen LogP contribution in [0.1, 0.15) is 12.5 Å². The molecule has 9 aromatic rings. The zero-order chi connectivity index (χ0) is 34.3. The number of allylic oxidation sites excluding steroid dienone is 3. The minimum atomic E-state index is 0.765.